The number of nitrogens with one attached hydrogen (secondary N) is 1. The highest BCUT2D eigenvalue weighted by Gasteiger charge is 2.04. The molecular formula is C15H16N2O. The summed E-state index contributed by atoms with van der Waals surface area (Å²) in [5, 5.41) is 2.83. The number of anilines is 2. The minimum atomic E-state index is -0.0375. The Hall–Kier alpha value is -2.29. The molecule has 0 saturated heterocycles. The fraction of sp³-hybridized carbons (Fsp3) is 0.133. The third-order valence-corrected chi connectivity index (χ3v) is 2.66. The molecule has 2 rings (SSSR count). The molecule has 3 N–H and O–H groups in total. The van der Waals surface area contributed by atoms with E-state index in [4.69, 9.17) is 5.73 Å². The Balaban J connectivity index is 1.98. The lowest BCUT2D eigenvalue weighted by molar-refractivity contribution is -0.115. The van der Waals surface area contributed by atoms with E-state index < -0.39 is 0 Å². The first kappa shape index (κ1) is 12.2. The van der Waals surface area contributed by atoms with Crippen LogP contribution in [0.2, 0.25) is 0 Å². The molecule has 2 aromatic rings. The van der Waals surface area contributed by atoms with Crippen LogP contribution in [-0.4, -0.2) is 5.91 Å². The number of hydrogen-bond donors (Lipinski definition) is 2. The summed E-state index contributed by atoms with van der Waals surface area (Å²) in [5.74, 6) is -0.0375. The van der Waals surface area contributed by atoms with E-state index >= 15 is 0 Å². The molecule has 3 nitrogen and oxygen atoms in total. The molecule has 0 heterocycles. The number of carbonyl (C=O) groups is 1. The van der Waals surface area contributed by atoms with E-state index in [0.29, 0.717) is 12.1 Å². The number of carbonyl (C=O) groups excluding carboxylic acids is 1. The smallest absolute Gasteiger partial charge is 0.228 e. The van der Waals surface area contributed by atoms with Crippen LogP contribution in [0.25, 0.3) is 0 Å². The molecule has 0 aromatic heterocycles. The number of nitrogens with two attached hydrogens (primary N) is 1. The van der Waals surface area contributed by atoms with E-state index in [2.05, 4.69) is 5.32 Å². The lowest BCUT2D eigenvalue weighted by Gasteiger charge is -2.06. The number of hydrogen-bond acceptors (Lipinski definition) is 2. The summed E-state index contributed by atoms with van der Waals surface area (Å²) in [6, 6.07) is 15.1. The Morgan fingerprint density at radius 1 is 1.17 bits per heavy atom. The summed E-state index contributed by atoms with van der Waals surface area (Å²) in [6.45, 7) is 2.02. The lowest BCUT2D eigenvalue weighted by Crippen LogP contribution is -2.14. The molecule has 18 heavy (non-hydrogen) atoms. The van der Waals surface area contributed by atoms with Gasteiger partial charge in [0.05, 0.1) is 6.42 Å². The average molecular weight is 240 g/mol. The van der Waals surface area contributed by atoms with Crippen molar-refractivity contribution in [2.45, 2.75) is 13.3 Å². The monoisotopic (exact) mass is 240 g/mol. The van der Waals surface area contributed by atoms with Gasteiger partial charge in [0.15, 0.2) is 0 Å². The number of nitrogen functional groups attached to an aromatic ring is 1. The molecule has 0 unspecified atom stereocenters. The summed E-state index contributed by atoms with van der Waals surface area (Å²) in [4.78, 5) is 11.8. The predicted octanol–water partition coefficient (Wildman–Crippen LogP) is 2.76. The van der Waals surface area contributed by atoms with Crippen molar-refractivity contribution >= 4 is 17.3 Å². The standard InChI is InChI=1S/C15H16N2O/c1-11-5-7-12(8-6-11)9-15(18)17-14-4-2-3-13(16)10-14/h2-8,10H,9,16H2,1H3,(H,17,18). The second-order valence-electron chi connectivity index (χ2n) is 4.34. The van der Waals surface area contributed by atoms with Gasteiger partial charge in [0.1, 0.15) is 0 Å². The lowest BCUT2D eigenvalue weighted by atomic mass is 10.1. The Bertz CT molecular complexity index is 547. The molecule has 0 aliphatic carbocycles. The fourth-order valence-corrected chi connectivity index (χ4v) is 1.71. The van der Waals surface area contributed by atoms with Crippen LogP contribution >= 0.6 is 0 Å². The summed E-state index contributed by atoms with van der Waals surface area (Å²) in [5.41, 5.74) is 9.21. The second kappa shape index (κ2) is 5.36. The molecule has 2 aromatic carbocycles. The molecule has 0 saturated carbocycles. The van der Waals surface area contributed by atoms with Gasteiger partial charge in [-0.1, -0.05) is 35.9 Å². The maximum Gasteiger partial charge on any atom is 0.228 e. The average Bonchev–Trinajstić information content (AvgIpc) is 2.32. The van der Waals surface area contributed by atoms with Gasteiger partial charge < -0.3 is 11.1 Å². The summed E-state index contributed by atoms with van der Waals surface area (Å²) in [7, 11) is 0. The first-order valence-corrected chi connectivity index (χ1v) is 5.84. The molecule has 0 aliphatic rings. The minimum Gasteiger partial charge on any atom is -0.399 e. The van der Waals surface area contributed by atoms with E-state index in [9.17, 15) is 4.79 Å². The van der Waals surface area contributed by atoms with Gasteiger partial charge in [-0.05, 0) is 30.7 Å². The number of aryl methyl sites for hydroxylation is 1. The number of amides is 1. The van der Waals surface area contributed by atoms with E-state index in [1.54, 1.807) is 12.1 Å². The highest BCUT2D eigenvalue weighted by Crippen LogP contribution is 2.12. The van der Waals surface area contributed by atoms with Gasteiger partial charge in [-0.2, -0.15) is 0 Å². The van der Waals surface area contributed by atoms with Crippen molar-refractivity contribution in [1.82, 2.24) is 0 Å². The van der Waals surface area contributed by atoms with Crippen molar-refractivity contribution in [2.24, 2.45) is 0 Å². The van der Waals surface area contributed by atoms with Gasteiger partial charge in [-0.15, -0.1) is 0 Å². The molecule has 92 valence electrons. The van der Waals surface area contributed by atoms with Gasteiger partial charge in [-0.3, -0.25) is 4.79 Å². The van der Waals surface area contributed by atoms with Crippen LogP contribution in [0, 0.1) is 6.92 Å². The Morgan fingerprint density at radius 2 is 1.89 bits per heavy atom. The number of rotatable bonds is 3. The zero-order valence-corrected chi connectivity index (χ0v) is 10.3. The van der Waals surface area contributed by atoms with E-state index in [0.717, 1.165) is 11.3 Å². The summed E-state index contributed by atoms with van der Waals surface area (Å²) < 4.78 is 0. The highest BCUT2D eigenvalue weighted by atomic mass is 16.1. The molecule has 0 radical (unpaired) electrons. The van der Waals surface area contributed by atoms with E-state index in [-0.39, 0.29) is 5.91 Å². The van der Waals surface area contributed by atoms with Gasteiger partial charge in [-0.25, -0.2) is 0 Å². The predicted molar refractivity (Wildman–Crippen MR) is 74.4 cm³/mol. The van der Waals surface area contributed by atoms with Gasteiger partial charge in [0.2, 0.25) is 5.91 Å². The molecule has 1 amide bonds. The van der Waals surface area contributed by atoms with Crippen molar-refractivity contribution < 1.29 is 4.79 Å². The Labute approximate surface area is 107 Å². The SMILES string of the molecule is Cc1ccc(CC(=O)Nc2cccc(N)c2)cc1. The summed E-state index contributed by atoms with van der Waals surface area (Å²) in [6.07, 6.45) is 0.370. The molecule has 3 heteroatoms. The van der Waals surface area contributed by atoms with Crippen molar-refractivity contribution in [2.75, 3.05) is 11.1 Å². The first-order valence-electron chi connectivity index (χ1n) is 5.84. The number of benzene rings is 2. The van der Waals surface area contributed by atoms with Crippen molar-refractivity contribution in [3.63, 3.8) is 0 Å². The third-order valence-electron chi connectivity index (χ3n) is 2.66. The largest absolute Gasteiger partial charge is 0.399 e. The molecule has 0 fully saturated rings. The maximum atomic E-state index is 11.8. The van der Waals surface area contributed by atoms with Crippen LogP contribution in [-0.2, 0) is 11.2 Å². The quantitative estimate of drug-likeness (QED) is 0.810. The topological polar surface area (TPSA) is 55.1 Å². The van der Waals surface area contributed by atoms with Crippen LogP contribution in [0.3, 0.4) is 0 Å². The molecule has 0 atom stereocenters. The van der Waals surface area contributed by atoms with Crippen LogP contribution in [0.4, 0.5) is 11.4 Å². The van der Waals surface area contributed by atoms with Gasteiger partial charge in [0.25, 0.3) is 0 Å². The van der Waals surface area contributed by atoms with Crippen LogP contribution < -0.4 is 11.1 Å². The zero-order chi connectivity index (χ0) is 13.0. The highest BCUT2D eigenvalue weighted by molar-refractivity contribution is 5.92. The zero-order valence-electron chi connectivity index (χ0n) is 10.3. The van der Waals surface area contributed by atoms with Crippen molar-refractivity contribution in [3.05, 3.63) is 59.7 Å². The Morgan fingerprint density at radius 3 is 2.56 bits per heavy atom. The minimum absolute atomic E-state index is 0.0375. The fourth-order valence-electron chi connectivity index (χ4n) is 1.71. The molecular weight excluding hydrogens is 224 g/mol. The normalized spacial score (nSPS) is 10.1. The van der Waals surface area contributed by atoms with Crippen LogP contribution in [0.15, 0.2) is 48.5 Å². The van der Waals surface area contributed by atoms with Gasteiger partial charge >= 0.3 is 0 Å². The van der Waals surface area contributed by atoms with E-state index in [1.807, 2.05) is 43.3 Å². The van der Waals surface area contributed by atoms with Crippen LogP contribution in [0.5, 0.6) is 0 Å². The first-order chi connectivity index (χ1) is 8.63. The maximum absolute atomic E-state index is 11.8. The van der Waals surface area contributed by atoms with Crippen molar-refractivity contribution in [1.29, 1.82) is 0 Å². The second-order valence-corrected chi connectivity index (χ2v) is 4.34. The Kier molecular flexibility index (Phi) is 3.63. The van der Waals surface area contributed by atoms with Crippen LogP contribution in [0.1, 0.15) is 11.1 Å². The van der Waals surface area contributed by atoms with E-state index in [1.165, 1.54) is 5.56 Å². The van der Waals surface area contributed by atoms with Gasteiger partial charge in [0, 0.05) is 11.4 Å². The molecule has 0 bridgehead atoms. The molecule has 0 aliphatic heterocycles. The molecule has 0 spiro atoms. The summed E-state index contributed by atoms with van der Waals surface area (Å²) >= 11 is 0. The van der Waals surface area contributed by atoms with Crippen molar-refractivity contribution in [3.8, 4) is 0 Å². The third kappa shape index (κ3) is 3.35.